The summed E-state index contributed by atoms with van der Waals surface area (Å²) in [5.41, 5.74) is 4.46. The summed E-state index contributed by atoms with van der Waals surface area (Å²) in [5, 5.41) is 6.50. The molecule has 1 amide bonds. The molecule has 198 valence electrons. The predicted octanol–water partition coefficient (Wildman–Crippen LogP) is 4.65. The molecule has 1 unspecified atom stereocenters. The average molecular weight is 517 g/mol. The van der Waals surface area contributed by atoms with E-state index in [1.54, 1.807) is 31.4 Å². The number of hydrazone groups is 1. The lowest BCUT2D eigenvalue weighted by molar-refractivity contribution is -0.134. The van der Waals surface area contributed by atoms with Crippen molar-refractivity contribution in [3.63, 3.8) is 0 Å². The number of para-hydroxylation sites is 1. The first-order valence-electron chi connectivity index (χ1n) is 12.9. The van der Waals surface area contributed by atoms with Crippen molar-refractivity contribution in [2.75, 3.05) is 51.8 Å². The average Bonchev–Trinajstić information content (AvgIpc) is 3.39. The molecule has 0 saturated carbocycles. The Morgan fingerprint density at radius 2 is 1.71 bits per heavy atom. The molecule has 8 heteroatoms. The van der Waals surface area contributed by atoms with Gasteiger partial charge in [-0.25, -0.2) is 9.40 Å². The van der Waals surface area contributed by atoms with Crippen LogP contribution in [0.3, 0.4) is 0 Å². The smallest absolute Gasteiger partial charge is 0.257 e. The summed E-state index contributed by atoms with van der Waals surface area (Å²) in [4.78, 5) is 17.9. The van der Waals surface area contributed by atoms with E-state index >= 15 is 0 Å². The van der Waals surface area contributed by atoms with Crippen LogP contribution in [-0.2, 0) is 4.79 Å². The number of rotatable bonds is 7. The number of nitrogens with zero attached hydrogens (tertiary/aromatic N) is 4. The number of halogens is 1. The van der Waals surface area contributed by atoms with Gasteiger partial charge in [-0.05, 0) is 42.3 Å². The number of anilines is 1. The van der Waals surface area contributed by atoms with E-state index in [2.05, 4.69) is 24.0 Å². The minimum absolute atomic E-state index is 0.0555. The standard InChI is InChI=1S/C30H33FN4O3/c1-21-8-4-5-9-23(21)28-19-26(24-13-12-22(37-2)18-29(24)38-3)32-35(28)30(36)20-33-14-16-34(17-15-33)27-11-7-6-10-25(27)31/h4-13,18,28H,14-17,19-20H2,1-3H3. The van der Waals surface area contributed by atoms with Gasteiger partial charge in [0.2, 0.25) is 0 Å². The third-order valence-electron chi connectivity index (χ3n) is 7.36. The van der Waals surface area contributed by atoms with Gasteiger partial charge in [-0.1, -0.05) is 36.4 Å². The fraction of sp³-hybridized carbons (Fsp3) is 0.333. The number of ether oxygens (including phenoxy) is 2. The van der Waals surface area contributed by atoms with Gasteiger partial charge in [-0.3, -0.25) is 9.69 Å². The maximum atomic E-state index is 14.2. The molecule has 1 saturated heterocycles. The molecule has 1 atom stereocenters. The number of amides is 1. The number of piperazine rings is 1. The van der Waals surface area contributed by atoms with Gasteiger partial charge in [0.05, 0.1) is 38.2 Å². The van der Waals surface area contributed by atoms with Crippen LogP contribution < -0.4 is 14.4 Å². The lowest BCUT2D eigenvalue weighted by Gasteiger charge is -2.36. The molecule has 2 aliphatic rings. The number of benzene rings is 3. The first-order chi connectivity index (χ1) is 18.5. The molecule has 3 aromatic rings. The summed E-state index contributed by atoms with van der Waals surface area (Å²) in [6.45, 7) is 4.98. The minimum atomic E-state index is -0.217. The quantitative estimate of drug-likeness (QED) is 0.458. The summed E-state index contributed by atoms with van der Waals surface area (Å²) in [6, 6.07) is 20.4. The molecule has 0 aliphatic carbocycles. The first kappa shape index (κ1) is 25.7. The van der Waals surface area contributed by atoms with Crippen molar-refractivity contribution in [2.24, 2.45) is 5.10 Å². The van der Waals surface area contributed by atoms with E-state index in [-0.39, 0.29) is 24.3 Å². The van der Waals surface area contributed by atoms with Crippen LogP contribution in [0, 0.1) is 12.7 Å². The van der Waals surface area contributed by atoms with E-state index in [9.17, 15) is 9.18 Å². The SMILES string of the molecule is COc1ccc(C2=NN(C(=O)CN3CCN(c4ccccc4F)CC3)C(c3ccccc3C)C2)c(OC)c1. The molecule has 0 N–H and O–H groups in total. The van der Waals surface area contributed by atoms with E-state index in [0.717, 1.165) is 22.4 Å². The second-order valence-electron chi connectivity index (χ2n) is 9.64. The van der Waals surface area contributed by atoms with Crippen LogP contribution >= 0.6 is 0 Å². The van der Waals surface area contributed by atoms with Gasteiger partial charge in [0.25, 0.3) is 5.91 Å². The molecule has 5 rings (SSSR count). The Labute approximate surface area is 223 Å². The number of hydrogen-bond acceptors (Lipinski definition) is 6. The Bertz CT molecular complexity index is 1340. The number of hydrogen-bond donors (Lipinski definition) is 0. The van der Waals surface area contributed by atoms with E-state index in [4.69, 9.17) is 14.6 Å². The minimum Gasteiger partial charge on any atom is -0.497 e. The topological polar surface area (TPSA) is 57.6 Å². The van der Waals surface area contributed by atoms with Crippen LogP contribution in [0.5, 0.6) is 11.5 Å². The summed E-state index contributed by atoms with van der Waals surface area (Å²) in [6.07, 6.45) is 0.584. The Morgan fingerprint density at radius 1 is 0.974 bits per heavy atom. The van der Waals surface area contributed by atoms with Crippen LogP contribution in [-0.4, -0.2) is 68.5 Å². The van der Waals surface area contributed by atoms with Gasteiger partial charge >= 0.3 is 0 Å². The fourth-order valence-corrected chi connectivity index (χ4v) is 5.26. The van der Waals surface area contributed by atoms with Gasteiger partial charge in [0, 0.05) is 44.2 Å². The maximum absolute atomic E-state index is 14.2. The molecule has 38 heavy (non-hydrogen) atoms. The molecule has 0 aromatic heterocycles. The molecular weight excluding hydrogens is 483 g/mol. The van der Waals surface area contributed by atoms with Gasteiger partial charge in [-0.15, -0.1) is 0 Å². The molecule has 3 aromatic carbocycles. The van der Waals surface area contributed by atoms with Crippen LogP contribution in [0.1, 0.15) is 29.2 Å². The second-order valence-corrected chi connectivity index (χ2v) is 9.64. The van der Waals surface area contributed by atoms with Crippen molar-refractivity contribution in [3.05, 3.63) is 89.2 Å². The maximum Gasteiger partial charge on any atom is 0.257 e. The normalized spacial score (nSPS) is 17.9. The second kappa shape index (κ2) is 11.2. The van der Waals surface area contributed by atoms with Crippen molar-refractivity contribution in [3.8, 4) is 11.5 Å². The zero-order chi connectivity index (χ0) is 26.6. The number of methoxy groups -OCH3 is 2. The molecular formula is C30H33FN4O3. The molecule has 2 heterocycles. The van der Waals surface area contributed by atoms with E-state index in [1.165, 1.54) is 6.07 Å². The Morgan fingerprint density at radius 3 is 2.42 bits per heavy atom. The molecule has 7 nitrogen and oxygen atoms in total. The van der Waals surface area contributed by atoms with Crippen LogP contribution in [0.15, 0.2) is 71.8 Å². The predicted molar refractivity (Wildman–Crippen MR) is 147 cm³/mol. The van der Waals surface area contributed by atoms with E-state index in [1.807, 2.05) is 41.3 Å². The zero-order valence-corrected chi connectivity index (χ0v) is 22.1. The van der Waals surface area contributed by atoms with Crippen molar-refractivity contribution < 1.29 is 18.7 Å². The van der Waals surface area contributed by atoms with Crippen LogP contribution in [0.25, 0.3) is 0 Å². The van der Waals surface area contributed by atoms with Gasteiger partial charge in [0.15, 0.2) is 0 Å². The Kier molecular flexibility index (Phi) is 7.60. The van der Waals surface area contributed by atoms with Crippen molar-refractivity contribution in [2.45, 2.75) is 19.4 Å². The highest BCUT2D eigenvalue weighted by atomic mass is 19.1. The van der Waals surface area contributed by atoms with Gasteiger partial charge in [-0.2, -0.15) is 5.10 Å². The third-order valence-corrected chi connectivity index (χ3v) is 7.36. The highest BCUT2D eigenvalue weighted by molar-refractivity contribution is 6.05. The summed E-state index contributed by atoms with van der Waals surface area (Å²) >= 11 is 0. The summed E-state index contributed by atoms with van der Waals surface area (Å²) in [5.74, 6) is 1.08. The number of carbonyl (C=O) groups is 1. The summed E-state index contributed by atoms with van der Waals surface area (Å²) in [7, 11) is 3.24. The van der Waals surface area contributed by atoms with Crippen LogP contribution in [0.4, 0.5) is 10.1 Å². The highest BCUT2D eigenvalue weighted by Crippen LogP contribution is 2.37. The number of aryl methyl sites for hydroxylation is 1. The van der Waals surface area contributed by atoms with E-state index < -0.39 is 0 Å². The van der Waals surface area contributed by atoms with Gasteiger partial charge < -0.3 is 14.4 Å². The molecule has 0 bridgehead atoms. The van der Waals surface area contributed by atoms with Crippen molar-refractivity contribution in [1.29, 1.82) is 0 Å². The fourth-order valence-electron chi connectivity index (χ4n) is 5.26. The molecule has 2 aliphatic heterocycles. The highest BCUT2D eigenvalue weighted by Gasteiger charge is 2.35. The Balaban J connectivity index is 1.36. The van der Waals surface area contributed by atoms with Gasteiger partial charge in [0.1, 0.15) is 17.3 Å². The zero-order valence-electron chi connectivity index (χ0n) is 22.1. The summed E-state index contributed by atoms with van der Waals surface area (Å²) < 4.78 is 25.2. The number of carbonyl (C=O) groups excluding carboxylic acids is 1. The molecule has 0 radical (unpaired) electrons. The van der Waals surface area contributed by atoms with E-state index in [0.29, 0.717) is 49.8 Å². The Hall–Kier alpha value is -3.91. The molecule has 0 spiro atoms. The van der Waals surface area contributed by atoms with Crippen LogP contribution in [0.2, 0.25) is 0 Å². The van der Waals surface area contributed by atoms with Crippen molar-refractivity contribution >= 4 is 17.3 Å². The first-order valence-corrected chi connectivity index (χ1v) is 12.9. The lowest BCUT2D eigenvalue weighted by Crippen LogP contribution is -2.49. The third kappa shape index (κ3) is 5.22. The molecule has 1 fully saturated rings. The van der Waals surface area contributed by atoms with Crippen molar-refractivity contribution in [1.82, 2.24) is 9.91 Å². The largest absolute Gasteiger partial charge is 0.497 e. The lowest BCUT2D eigenvalue weighted by atomic mass is 9.95. The monoisotopic (exact) mass is 516 g/mol.